The highest BCUT2D eigenvalue weighted by atomic mass is 16.5. The van der Waals surface area contributed by atoms with E-state index in [2.05, 4.69) is 21.7 Å². The third kappa shape index (κ3) is 4.41. The van der Waals surface area contributed by atoms with Gasteiger partial charge in [0.15, 0.2) is 0 Å². The fourth-order valence-electron chi connectivity index (χ4n) is 2.60. The van der Waals surface area contributed by atoms with Gasteiger partial charge in [-0.25, -0.2) is 0 Å². The lowest BCUT2D eigenvalue weighted by molar-refractivity contribution is 0.0950. The van der Waals surface area contributed by atoms with E-state index in [1.54, 1.807) is 37.6 Å². The number of pyridine rings is 1. The molecule has 6 nitrogen and oxygen atoms in total. The Morgan fingerprint density at radius 3 is 2.74 bits per heavy atom. The van der Waals surface area contributed by atoms with E-state index < -0.39 is 0 Å². The van der Waals surface area contributed by atoms with E-state index in [0.29, 0.717) is 29.0 Å². The highest BCUT2D eigenvalue weighted by Gasteiger charge is 2.09. The molecule has 0 fully saturated rings. The van der Waals surface area contributed by atoms with Gasteiger partial charge in [-0.3, -0.25) is 9.78 Å². The van der Waals surface area contributed by atoms with Gasteiger partial charge in [0.2, 0.25) is 0 Å². The van der Waals surface area contributed by atoms with Gasteiger partial charge >= 0.3 is 0 Å². The van der Waals surface area contributed by atoms with Gasteiger partial charge in [-0.05, 0) is 24.3 Å². The van der Waals surface area contributed by atoms with E-state index in [1.807, 2.05) is 30.3 Å². The quantitative estimate of drug-likeness (QED) is 0.702. The van der Waals surface area contributed by atoms with Crippen LogP contribution in [0.3, 0.4) is 0 Å². The first-order valence-electron chi connectivity index (χ1n) is 8.32. The highest BCUT2D eigenvalue weighted by Crippen LogP contribution is 2.21. The maximum Gasteiger partial charge on any atom is 0.253 e. The van der Waals surface area contributed by atoms with Crippen molar-refractivity contribution in [2.75, 3.05) is 12.4 Å². The molecule has 1 heterocycles. The average Bonchev–Trinajstić information content (AvgIpc) is 2.72. The van der Waals surface area contributed by atoms with Crippen molar-refractivity contribution in [3.05, 3.63) is 83.7 Å². The van der Waals surface area contributed by atoms with Gasteiger partial charge in [0.05, 0.1) is 35.8 Å². The molecule has 0 saturated heterocycles. The second-order valence-corrected chi connectivity index (χ2v) is 5.74. The van der Waals surface area contributed by atoms with Crippen molar-refractivity contribution in [2.45, 2.75) is 6.54 Å². The van der Waals surface area contributed by atoms with Gasteiger partial charge in [-0.2, -0.15) is 5.26 Å². The molecule has 0 spiro atoms. The lowest BCUT2D eigenvalue weighted by Gasteiger charge is -2.11. The molecular weight excluding hydrogens is 340 g/mol. The van der Waals surface area contributed by atoms with E-state index in [4.69, 9.17) is 4.74 Å². The highest BCUT2D eigenvalue weighted by molar-refractivity contribution is 5.94. The first-order valence-corrected chi connectivity index (χ1v) is 8.32. The number of anilines is 2. The lowest BCUT2D eigenvalue weighted by Crippen LogP contribution is -2.23. The van der Waals surface area contributed by atoms with Crippen LogP contribution in [0.2, 0.25) is 0 Å². The first-order chi connectivity index (χ1) is 13.2. The molecule has 134 valence electrons. The maximum absolute atomic E-state index is 12.5. The number of carbonyl (C=O) groups excluding carboxylic acids is 1. The zero-order valence-corrected chi connectivity index (χ0v) is 14.8. The molecule has 27 heavy (non-hydrogen) atoms. The summed E-state index contributed by atoms with van der Waals surface area (Å²) < 4.78 is 5.29. The van der Waals surface area contributed by atoms with Gasteiger partial charge in [-0.15, -0.1) is 0 Å². The summed E-state index contributed by atoms with van der Waals surface area (Å²) in [6, 6.07) is 18.5. The largest absolute Gasteiger partial charge is 0.496 e. The number of para-hydroxylation sites is 2. The molecule has 0 radical (unpaired) electrons. The minimum atomic E-state index is -0.245. The molecule has 1 aromatic heterocycles. The van der Waals surface area contributed by atoms with Gasteiger partial charge < -0.3 is 15.4 Å². The van der Waals surface area contributed by atoms with Crippen LogP contribution in [0.25, 0.3) is 0 Å². The summed E-state index contributed by atoms with van der Waals surface area (Å²) in [5.41, 5.74) is 3.11. The number of nitrogens with zero attached hydrogens (tertiary/aromatic N) is 2. The molecule has 0 unspecified atom stereocenters. The first kappa shape index (κ1) is 18.0. The van der Waals surface area contributed by atoms with Crippen LogP contribution < -0.4 is 15.4 Å². The number of hydrogen-bond donors (Lipinski definition) is 2. The van der Waals surface area contributed by atoms with Gasteiger partial charge in [0.1, 0.15) is 11.8 Å². The van der Waals surface area contributed by atoms with Crippen LogP contribution in [0.5, 0.6) is 5.75 Å². The smallest absolute Gasteiger partial charge is 0.253 e. The van der Waals surface area contributed by atoms with Crippen LogP contribution >= 0.6 is 0 Å². The van der Waals surface area contributed by atoms with E-state index in [-0.39, 0.29) is 5.91 Å². The molecule has 6 heteroatoms. The molecule has 0 aliphatic rings. The molecule has 0 bridgehead atoms. The molecular formula is C21H18N4O2. The van der Waals surface area contributed by atoms with Crippen molar-refractivity contribution in [2.24, 2.45) is 0 Å². The van der Waals surface area contributed by atoms with Crippen molar-refractivity contribution in [1.82, 2.24) is 10.3 Å². The molecule has 0 aliphatic heterocycles. The Bertz CT molecular complexity index is 995. The predicted octanol–water partition coefficient (Wildman–Crippen LogP) is 3.64. The molecule has 2 N–H and O–H groups in total. The Balaban J connectivity index is 1.71. The molecule has 0 atom stereocenters. The molecule has 3 rings (SSSR count). The minimum absolute atomic E-state index is 0.245. The van der Waals surface area contributed by atoms with Gasteiger partial charge in [0, 0.05) is 18.3 Å². The summed E-state index contributed by atoms with van der Waals surface area (Å²) >= 11 is 0. The van der Waals surface area contributed by atoms with E-state index >= 15 is 0 Å². The van der Waals surface area contributed by atoms with Crippen molar-refractivity contribution >= 4 is 17.3 Å². The number of carbonyl (C=O) groups is 1. The third-order valence-electron chi connectivity index (χ3n) is 3.96. The molecule has 2 aromatic carbocycles. The number of aromatic nitrogens is 1. The number of rotatable bonds is 6. The van der Waals surface area contributed by atoms with E-state index in [9.17, 15) is 10.1 Å². The molecule has 0 saturated carbocycles. The summed E-state index contributed by atoms with van der Waals surface area (Å²) in [6.45, 7) is 0.345. The number of methoxy groups -OCH3 is 1. The summed E-state index contributed by atoms with van der Waals surface area (Å²) in [4.78, 5) is 16.6. The Morgan fingerprint density at radius 1 is 1.15 bits per heavy atom. The Labute approximate surface area is 157 Å². The van der Waals surface area contributed by atoms with Crippen molar-refractivity contribution in [3.63, 3.8) is 0 Å². The standard InChI is InChI=1S/C21H18N4O2/c1-27-20-9-5-3-7-16(20)13-24-21(26)17-10-18(14-23-12-17)25-19-8-4-2-6-15(19)11-22/h2-10,12,14,25H,13H2,1H3,(H,24,26). The summed E-state index contributed by atoms with van der Waals surface area (Å²) in [5.74, 6) is 0.477. The van der Waals surface area contributed by atoms with Crippen LogP contribution in [-0.4, -0.2) is 18.0 Å². The topological polar surface area (TPSA) is 87.0 Å². The summed E-state index contributed by atoms with van der Waals surface area (Å²) in [7, 11) is 1.60. The Hall–Kier alpha value is -3.85. The molecule has 1 amide bonds. The Kier molecular flexibility index (Phi) is 5.65. The van der Waals surface area contributed by atoms with E-state index in [1.165, 1.54) is 6.20 Å². The number of nitriles is 1. The van der Waals surface area contributed by atoms with Gasteiger partial charge in [-0.1, -0.05) is 30.3 Å². The minimum Gasteiger partial charge on any atom is -0.496 e. The van der Waals surface area contributed by atoms with Crippen molar-refractivity contribution < 1.29 is 9.53 Å². The predicted molar refractivity (Wildman–Crippen MR) is 103 cm³/mol. The van der Waals surface area contributed by atoms with Crippen LogP contribution in [0.15, 0.2) is 67.0 Å². The SMILES string of the molecule is COc1ccccc1CNC(=O)c1cncc(Nc2ccccc2C#N)c1. The monoisotopic (exact) mass is 358 g/mol. The zero-order valence-electron chi connectivity index (χ0n) is 14.8. The maximum atomic E-state index is 12.5. The van der Waals surface area contributed by atoms with Crippen molar-refractivity contribution in [1.29, 1.82) is 5.26 Å². The number of nitrogens with one attached hydrogen (secondary N) is 2. The van der Waals surface area contributed by atoms with Crippen LogP contribution in [0.4, 0.5) is 11.4 Å². The van der Waals surface area contributed by atoms with E-state index in [0.717, 1.165) is 11.3 Å². The third-order valence-corrected chi connectivity index (χ3v) is 3.96. The molecule has 0 aliphatic carbocycles. The fraction of sp³-hybridized carbons (Fsp3) is 0.0952. The van der Waals surface area contributed by atoms with Crippen LogP contribution in [-0.2, 0) is 6.54 Å². The number of benzene rings is 2. The van der Waals surface area contributed by atoms with Gasteiger partial charge in [0.25, 0.3) is 5.91 Å². The second-order valence-electron chi connectivity index (χ2n) is 5.74. The van der Waals surface area contributed by atoms with Crippen molar-refractivity contribution in [3.8, 4) is 11.8 Å². The zero-order chi connectivity index (χ0) is 19.1. The Morgan fingerprint density at radius 2 is 1.93 bits per heavy atom. The lowest BCUT2D eigenvalue weighted by atomic mass is 10.1. The number of hydrogen-bond acceptors (Lipinski definition) is 5. The van der Waals surface area contributed by atoms with Crippen LogP contribution in [0, 0.1) is 11.3 Å². The average molecular weight is 358 g/mol. The molecule has 3 aromatic rings. The van der Waals surface area contributed by atoms with Crippen LogP contribution in [0.1, 0.15) is 21.5 Å². The second kappa shape index (κ2) is 8.50. The number of amides is 1. The summed E-state index contributed by atoms with van der Waals surface area (Å²) in [5, 5.41) is 15.2. The fourth-order valence-corrected chi connectivity index (χ4v) is 2.60. The normalized spacial score (nSPS) is 9.93. The number of ether oxygens (including phenoxy) is 1. The summed E-state index contributed by atoms with van der Waals surface area (Å²) in [6.07, 6.45) is 3.10.